The minimum Gasteiger partial charge on any atom is -0.505 e. The van der Waals surface area contributed by atoms with E-state index in [-0.39, 0.29) is 29.5 Å². The molecule has 1 aromatic rings. The van der Waals surface area contributed by atoms with Gasteiger partial charge in [0, 0.05) is 20.0 Å². The van der Waals surface area contributed by atoms with Gasteiger partial charge in [-0.1, -0.05) is 17.7 Å². The van der Waals surface area contributed by atoms with Gasteiger partial charge in [-0.3, -0.25) is 29.0 Å². The van der Waals surface area contributed by atoms with Crippen molar-refractivity contribution in [1.82, 2.24) is 9.80 Å². The van der Waals surface area contributed by atoms with E-state index in [1.54, 1.807) is 6.07 Å². The summed E-state index contributed by atoms with van der Waals surface area (Å²) in [5.74, 6) is -5.71. The van der Waals surface area contributed by atoms with E-state index in [1.165, 1.54) is 26.2 Å². The third-order valence-corrected chi connectivity index (χ3v) is 7.42. The van der Waals surface area contributed by atoms with Gasteiger partial charge in [0.15, 0.2) is 11.6 Å². The molecule has 0 radical (unpaired) electrons. The number of carbonyl (C=O) groups excluding carboxylic acids is 4. The van der Waals surface area contributed by atoms with Gasteiger partial charge in [-0.05, 0) is 36.5 Å². The number of hydrogen-bond acceptors (Lipinski definition) is 5. The van der Waals surface area contributed by atoms with Crippen LogP contribution in [0.25, 0.3) is 0 Å². The molecule has 1 aromatic carbocycles. The number of amides is 4. The van der Waals surface area contributed by atoms with Crippen LogP contribution in [0.15, 0.2) is 29.8 Å². The lowest BCUT2D eigenvalue weighted by atomic mass is 9.57. The molecule has 1 N–H and O–H groups in total. The summed E-state index contributed by atoms with van der Waals surface area (Å²) in [6.07, 6.45) is 2.59. The lowest BCUT2D eigenvalue weighted by Gasteiger charge is -2.44. The Labute approximate surface area is 172 Å². The number of hydrogen-bond donors (Lipinski definition) is 1. The van der Waals surface area contributed by atoms with Crippen LogP contribution < -0.4 is 0 Å². The SMILES string of the molecule is CN1C(=O)[C@H]2[C@H](CC=C3[C@H]2C[C@H]2C(=O)N(C)C(=O)[C@H]2[C@H]3c2ccc(O)c(F)c2)C1=O. The molecule has 0 bridgehead atoms. The summed E-state index contributed by atoms with van der Waals surface area (Å²) >= 11 is 0. The molecule has 2 saturated heterocycles. The van der Waals surface area contributed by atoms with Gasteiger partial charge in [-0.25, -0.2) is 4.39 Å². The molecule has 8 heteroatoms. The van der Waals surface area contributed by atoms with Crippen molar-refractivity contribution in [2.45, 2.75) is 18.8 Å². The summed E-state index contributed by atoms with van der Waals surface area (Å²) in [7, 11) is 2.91. The first-order chi connectivity index (χ1) is 14.2. The number of allylic oxidation sites excluding steroid dienone is 2. The summed E-state index contributed by atoms with van der Waals surface area (Å²) in [4.78, 5) is 53.5. The highest BCUT2D eigenvalue weighted by Gasteiger charge is 2.60. The Balaban J connectivity index is 1.67. The van der Waals surface area contributed by atoms with E-state index in [1.807, 2.05) is 6.08 Å². The summed E-state index contributed by atoms with van der Waals surface area (Å²) in [6.45, 7) is 0. The van der Waals surface area contributed by atoms with Crippen LogP contribution in [0.2, 0.25) is 0 Å². The van der Waals surface area contributed by atoms with E-state index in [0.717, 1.165) is 15.4 Å². The second kappa shape index (κ2) is 6.23. The first kappa shape index (κ1) is 19.0. The quantitative estimate of drug-likeness (QED) is 0.556. The molecule has 4 aliphatic rings. The van der Waals surface area contributed by atoms with E-state index in [9.17, 15) is 28.7 Å². The van der Waals surface area contributed by atoms with Crippen LogP contribution in [0.1, 0.15) is 24.3 Å². The van der Waals surface area contributed by atoms with E-state index in [2.05, 4.69) is 0 Å². The molecular formula is C22H21FN2O5. The number of imide groups is 2. The van der Waals surface area contributed by atoms with Gasteiger partial charge < -0.3 is 5.11 Å². The Kier molecular flexibility index (Phi) is 3.94. The Morgan fingerprint density at radius 3 is 2.20 bits per heavy atom. The first-order valence-electron chi connectivity index (χ1n) is 10.0. The molecule has 7 nitrogen and oxygen atoms in total. The molecule has 156 valence electrons. The molecule has 0 spiro atoms. The van der Waals surface area contributed by atoms with Gasteiger partial charge in [0.25, 0.3) is 0 Å². The van der Waals surface area contributed by atoms with Crippen molar-refractivity contribution in [3.8, 4) is 5.75 Å². The number of carbonyl (C=O) groups is 4. The summed E-state index contributed by atoms with van der Waals surface area (Å²) in [5, 5.41) is 9.61. The van der Waals surface area contributed by atoms with Crippen LogP contribution in [0.5, 0.6) is 5.75 Å². The van der Waals surface area contributed by atoms with Crippen molar-refractivity contribution < 1.29 is 28.7 Å². The average Bonchev–Trinajstić information content (AvgIpc) is 3.09. The molecule has 1 saturated carbocycles. The third kappa shape index (κ3) is 2.30. The zero-order valence-corrected chi connectivity index (χ0v) is 16.5. The zero-order chi connectivity index (χ0) is 21.5. The second-order valence-electron chi connectivity index (χ2n) is 8.71. The summed E-state index contributed by atoms with van der Waals surface area (Å²) < 4.78 is 14.2. The van der Waals surface area contributed by atoms with Crippen molar-refractivity contribution >= 4 is 23.6 Å². The molecule has 0 aromatic heterocycles. The standard InChI is InChI=1S/C22H21FN2O5/c1-24-19(27)11-5-4-10-12(17(11)21(24)29)8-13-18(22(30)25(2)20(13)28)16(10)9-3-6-15(26)14(23)7-9/h3-4,6-7,11-13,16-18,26H,5,8H2,1-2H3/t11-,12+,13+,16-,17-,18+/m0/s1. The lowest BCUT2D eigenvalue weighted by Crippen LogP contribution is -2.42. The Hall–Kier alpha value is -3.03. The molecule has 6 atom stereocenters. The van der Waals surface area contributed by atoms with Crippen LogP contribution in [0.4, 0.5) is 4.39 Å². The van der Waals surface area contributed by atoms with E-state index in [0.29, 0.717) is 18.4 Å². The van der Waals surface area contributed by atoms with Crippen LogP contribution in [0, 0.1) is 35.4 Å². The van der Waals surface area contributed by atoms with E-state index in [4.69, 9.17) is 0 Å². The fraction of sp³-hybridized carbons (Fsp3) is 0.455. The molecule has 5 rings (SSSR count). The zero-order valence-electron chi connectivity index (χ0n) is 16.5. The second-order valence-corrected chi connectivity index (χ2v) is 8.71. The van der Waals surface area contributed by atoms with Gasteiger partial charge >= 0.3 is 0 Å². The maximum Gasteiger partial charge on any atom is 0.233 e. The van der Waals surface area contributed by atoms with E-state index >= 15 is 0 Å². The molecule has 30 heavy (non-hydrogen) atoms. The third-order valence-electron chi connectivity index (χ3n) is 7.42. The number of phenols is 1. The number of nitrogens with zero attached hydrogens (tertiary/aromatic N) is 2. The van der Waals surface area contributed by atoms with Gasteiger partial charge in [-0.2, -0.15) is 0 Å². The van der Waals surface area contributed by atoms with Crippen molar-refractivity contribution in [3.05, 3.63) is 41.2 Å². The molecule has 2 aliphatic heterocycles. The van der Waals surface area contributed by atoms with E-state index < -0.39 is 41.2 Å². The van der Waals surface area contributed by atoms with Gasteiger partial charge in [0.1, 0.15) is 0 Å². The van der Waals surface area contributed by atoms with Crippen molar-refractivity contribution in [2.24, 2.45) is 29.6 Å². The fourth-order valence-corrected chi connectivity index (χ4v) is 5.99. The summed E-state index contributed by atoms with van der Waals surface area (Å²) in [6, 6.07) is 3.98. The van der Waals surface area contributed by atoms with Crippen molar-refractivity contribution in [1.29, 1.82) is 0 Å². The maximum absolute atomic E-state index is 14.2. The number of aromatic hydroxyl groups is 1. The minimum atomic E-state index is -0.808. The Morgan fingerprint density at radius 2 is 1.53 bits per heavy atom. The highest BCUT2D eigenvalue weighted by atomic mass is 19.1. The number of fused-ring (bicyclic) bond motifs is 4. The maximum atomic E-state index is 14.2. The number of benzene rings is 1. The van der Waals surface area contributed by atoms with Crippen LogP contribution >= 0.6 is 0 Å². The van der Waals surface area contributed by atoms with Gasteiger partial charge in [0.2, 0.25) is 23.6 Å². The monoisotopic (exact) mass is 412 g/mol. The molecule has 4 amide bonds. The largest absolute Gasteiger partial charge is 0.505 e. The normalized spacial score (nSPS) is 35.4. The van der Waals surface area contributed by atoms with Gasteiger partial charge in [0.05, 0.1) is 23.7 Å². The number of rotatable bonds is 1. The molecule has 2 heterocycles. The van der Waals surface area contributed by atoms with Crippen molar-refractivity contribution in [2.75, 3.05) is 14.1 Å². The predicted octanol–water partition coefficient (Wildman–Crippen LogP) is 1.43. The van der Waals surface area contributed by atoms with Crippen LogP contribution in [-0.2, 0) is 19.2 Å². The number of halogens is 1. The molecule has 0 unspecified atom stereocenters. The first-order valence-corrected chi connectivity index (χ1v) is 10.0. The average molecular weight is 412 g/mol. The Bertz CT molecular complexity index is 1050. The Morgan fingerprint density at radius 1 is 0.900 bits per heavy atom. The lowest BCUT2D eigenvalue weighted by molar-refractivity contribution is -0.140. The summed E-state index contributed by atoms with van der Waals surface area (Å²) in [5.41, 5.74) is 1.30. The highest BCUT2D eigenvalue weighted by molar-refractivity contribution is 6.07. The van der Waals surface area contributed by atoms with Crippen LogP contribution in [-0.4, -0.2) is 52.6 Å². The highest BCUT2D eigenvalue weighted by Crippen LogP contribution is 2.57. The molecule has 3 fully saturated rings. The van der Waals surface area contributed by atoms with Crippen molar-refractivity contribution in [3.63, 3.8) is 0 Å². The number of likely N-dealkylation sites (tertiary alicyclic amines) is 2. The van der Waals surface area contributed by atoms with Gasteiger partial charge in [-0.15, -0.1) is 0 Å². The smallest absolute Gasteiger partial charge is 0.233 e. The molecule has 2 aliphatic carbocycles. The number of phenolic OH excluding ortho intramolecular Hbond substituents is 1. The topological polar surface area (TPSA) is 95.0 Å². The molecular weight excluding hydrogens is 391 g/mol. The predicted molar refractivity (Wildman–Crippen MR) is 101 cm³/mol. The van der Waals surface area contributed by atoms with Crippen LogP contribution in [0.3, 0.4) is 0 Å². The minimum absolute atomic E-state index is 0.222. The fourth-order valence-electron chi connectivity index (χ4n) is 5.99.